The Bertz CT molecular complexity index is 593. The SMILES string of the molecule is CN1CC(C(=O)N2CCNCC2c2cccc(F)c2)CC1=O. The smallest absolute Gasteiger partial charge is 0.228 e. The van der Waals surface area contributed by atoms with Gasteiger partial charge in [-0.15, -0.1) is 0 Å². The van der Waals surface area contributed by atoms with E-state index < -0.39 is 0 Å². The van der Waals surface area contributed by atoms with Gasteiger partial charge in [-0.05, 0) is 17.7 Å². The Morgan fingerprint density at radius 2 is 2.23 bits per heavy atom. The second-order valence-corrected chi connectivity index (χ2v) is 5.98. The van der Waals surface area contributed by atoms with E-state index in [1.54, 1.807) is 22.9 Å². The summed E-state index contributed by atoms with van der Waals surface area (Å²) in [5, 5.41) is 3.25. The summed E-state index contributed by atoms with van der Waals surface area (Å²) in [4.78, 5) is 27.8. The molecular weight excluding hydrogens is 285 g/mol. The molecule has 22 heavy (non-hydrogen) atoms. The number of benzene rings is 1. The molecule has 0 radical (unpaired) electrons. The average molecular weight is 305 g/mol. The molecule has 2 amide bonds. The first-order valence-electron chi connectivity index (χ1n) is 7.57. The van der Waals surface area contributed by atoms with Crippen molar-refractivity contribution in [3.63, 3.8) is 0 Å². The minimum Gasteiger partial charge on any atom is -0.345 e. The molecule has 2 saturated heterocycles. The Morgan fingerprint density at radius 3 is 2.91 bits per heavy atom. The van der Waals surface area contributed by atoms with Gasteiger partial charge in [0.2, 0.25) is 11.8 Å². The highest BCUT2D eigenvalue weighted by molar-refractivity contribution is 5.89. The molecule has 1 aromatic rings. The van der Waals surface area contributed by atoms with Gasteiger partial charge in [-0.2, -0.15) is 0 Å². The van der Waals surface area contributed by atoms with E-state index in [0.717, 1.165) is 5.56 Å². The minimum atomic E-state index is -0.300. The van der Waals surface area contributed by atoms with Crippen LogP contribution < -0.4 is 5.32 Å². The van der Waals surface area contributed by atoms with Crippen LogP contribution in [0.2, 0.25) is 0 Å². The highest BCUT2D eigenvalue weighted by Crippen LogP contribution is 2.27. The molecule has 0 saturated carbocycles. The monoisotopic (exact) mass is 305 g/mol. The maximum atomic E-state index is 13.5. The Morgan fingerprint density at radius 1 is 1.41 bits per heavy atom. The number of rotatable bonds is 2. The second-order valence-electron chi connectivity index (χ2n) is 5.98. The van der Waals surface area contributed by atoms with Gasteiger partial charge in [0.15, 0.2) is 0 Å². The molecule has 3 rings (SSSR count). The number of nitrogens with zero attached hydrogens (tertiary/aromatic N) is 2. The largest absolute Gasteiger partial charge is 0.345 e. The molecule has 0 aromatic heterocycles. The highest BCUT2D eigenvalue weighted by Gasteiger charge is 2.38. The van der Waals surface area contributed by atoms with Crippen molar-refractivity contribution in [1.29, 1.82) is 0 Å². The number of nitrogens with one attached hydrogen (secondary N) is 1. The van der Waals surface area contributed by atoms with Crippen molar-refractivity contribution in [2.24, 2.45) is 5.92 Å². The lowest BCUT2D eigenvalue weighted by Gasteiger charge is -2.38. The standard InChI is InChI=1S/C16H20FN3O2/c1-19-10-12(8-15(19)21)16(22)20-6-5-18-9-14(20)11-3-2-4-13(17)7-11/h2-4,7,12,14,18H,5-6,8-10H2,1H3. The minimum absolute atomic E-state index is 0.00605. The van der Waals surface area contributed by atoms with Crippen LogP contribution in [0, 0.1) is 11.7 Å². The van der Waals surface area contributed by atoms with Gasteiger partial charge in [0.1, 0.15) is 5.82 Å². The van der Waals surface area contributed by atoms with Crippen molar-refractivity contribution in [2.75, 3.05) is 33.2 Å². The molecule has 0 bridgehead atoms. The summed E-state index contributed by atoms with van der Waals surface area (Å²) in [6, 6.07) is 6.19. The van der Waals surface area contributed by atoms with Crippen LogP contribution in [0.1, 0.15) is 18.0 Å². The third kappa shape index (κ3) is 2.83. The number of carbonyl (C=O) groups excluding carboxylic acids is 2. The predicted octanol–water partition coefficient (Wildman–Crippen LogP) is 0.777. The normalized spacial score (nSPS) is 25.6. The van der Waals surface area contributed by atoms with Crippen molar-refractivity contribution in [2.45, 2.75) is 12.5 Å². The molecule has 2 fully saturated rings. The lowest BCUT2D eigenvalue weighted by Crippen LogP contribution is -2.50. The van der Waals surface area contributed by atoms with Gasteiger partial charge in [-0.3, -0.25) is 9.59 Å². The van der Waals surface area contributed by atoms with E-state index in [2.05, 4.69) is 5.32 Å². The zero-order valence-corrected chi connectivity index (χ0v) is 12.6. The van der Waals surface area contributed by atoms with E-state index in [9.17, 15) is 14.0 Å². The lowest BCUT2D eigenvalue weighted by atomic mass is 9.99. The fraction of sp³-hybridized carbons (Fsp3) is 0.500. The molecule has 6 heteroatoms. The van der Waals surface area contributed by atoms with Crippen molar-refractivity contribution in [3.05, 3.63) is 35.6 Å². The molecular formula is C16H20FN3O2. The maximum Gasteiger partial charge on any atom is 0.228 e. The first kappa shape index (κ1) is 15.0. The molecule has 2 heterocycles. The molecule has 2 aliphatic rings. The van der Waals surface area contributed by atoms with E-state index in [0.29, 0.717) is 26.2 Å². The van der Waals surface area contributed by atoms with E-state index in [4.69, 9.17) is 0 Å². The Labute approximate surface area is 129 Å². The lowest BCUT2D eigenvalue weighted by molar-refractivity contribution is -0.139. The van der Waals surface area contributed by atoms with E-state index in [-0.39, 0.29) is 36.0 Å². The van der Waals surface area contributed by atoms with Crippen molar-refractivity contribution in [1.82, 2.24) is 15.1 Å². The molecule has 0 spiro atoms. The van der Waals surface area contributed by atoms with Gasteiger partial charge < -0.3 is 15.1 Å². The number of carbonyl (C=O) groups is 2. The van der Waals surface area contributed by atoms with Gasteiger partial charge >= 0.3 is 0 Å². The summed E-state index contributed by atoms with van der Waals surface area (Å²) < 4.78 is 13.5. The molecule has 5 nitrogen and oxygen atoms in total. The molecule has 2 aliphatic heterocycles. The molecule has 2 unspecified atom stereocenters. The van der Waals surface area contributed by atoms with Gasteiger partial charge in [0, 0.05) is 39.6 Å². The molecule has 1 N–H and O–H groups in total. The molecule has 2 atom stereocenters. The van der Waals surface area contributed by atoms with Crippen LogP contribution in [0.25, 0.3) is 0 Å². The van der Waals surface area contributed by atoms with Crippen molar-refractivity contribution in [3.8, 4) is 0 Å². The van der Waals surface area contributed by atoms with Gasteiger partial charge in [0.05, 0.1) is 12.0 Å². The fourth-order valence-electron chi connectivity index (χ4n) is 3.24. The molecule has 1 aromatic carbocycles. The maximum absolute atomic E-state index is 13.5. The zero-order valence-electron chi connectivity index (χ0n) is 12.6. The van der Waals surface area contributed by atoms with Gasteiger partial charge in [-0.1, -0.05) is 12.1 Å². The van der Waals surface area contributed by atoms with Gasteiger partial charge in [0.25, 0.3) is 0 Å². The Balaban J connectivity index is 1.81. The summed E-state index contributed by atoms with van der Waals surface area (Å²) in [5.74, 6) is -0.581. The number of hydrogen-bond acceptors (Lipinski definition) is 3. The second kappa shape index (κ2) is 6.04. The highest BCUT2D eigenvalue weighted by atomic mass is 19.1. The predicted molar refractivity (Wildman–Crippen MR) is 79.5 cm³/mol. The molecule has 118 valence electrons. The average Bonchev–Trinajstić information content (AvgIpc) is 2.86. The van der Waals surface area contributed by atoms with Crippen LogP contribution >= 0.6 is 0 Å². The first-order chi connectivity index (χ1) is 10.6. The van der Waals surface area contributed by atoms with Crippen molar-refractivity contribution < 1.29 is 14.0 Å². The quantitative estimate of drug-likeness (QED) is 0.878. The van der Waals surface area contributed by atoms with Gasteiger partial charge in [-0.25, -0.2) is 4.39 Å². The van der Waals surface area contributed by atoms with Crippen LogP contribution in [0.3, 0.4) is 0 Å². The van der Waals surface area contributed by atoms with E-state index >= 15 is 0 Å². The van der Waals surface area contributed by atoms with Crippen LogP contribution in [0.15, 0.2) is 24.3 Å². The molecule has 0 aliphatic carbocycles. The Kier molecular flexibility index (Phi) is 4.11. The number of halogens is 1. The summed E-state index contributed by atoms with van der Waals surface area (Å²) in [6.45, 7) is 2.37. The van der Waals surface area contributed by atoms with E-state index in [1.165, 1.54) is 12.1 Å². The third-order valence-electron chi connectivity index (χ3n) is 4.45. The fourth-order valence-corrected chi connectivity index (χ4v) is 3.24. The number of piperazine rings is 1. The number of hydrogen-bond donors (Lipinski definition) is 1. The first-order valence-corrected chi connectivity index (χ1v) is 7.57. The Hall–Kier alpha value is -1.95. The topological polar surface area (TPSA) is 52.7 Å². The summed E-state index contributed by atoms with van der Waals surface area (Å²) >= 11 is 0. The summed E-state index contributed by atoms with van der Waals surface area (Å²) in [7, 11) is 1.72. The van der Waals surface area contributed by atoms with Crippen LogP contribution in [-0.4, -0.2) is 54.8 Å². The summed E-state index contributed by atoms with van der Waals surface area (Å²) in [6.07, 6.45) is 0.273. The van der Waals surface area contributed by atoms with Crippen LogP contribution in [-0.2, 0) is 9.59 Å². The summed E-state index contributed by atoms with van der Waals surface area (Å²) in [5.41, 5.74) is 0.790. The number of amides is 2. The number of likely N-dealkylation sites (tertiary alicyclic amines) is 1. The third-order valence-corrected chi connectivity index (χ3v) is 4.45. The zero-order chi connectivity index (χ0) is 15.7. The van der Waals surface area contributed by atoms with Crippen molar-refractivity contribution >= 4 is 11.8 Å². The van der Waals surface area contributed by atoms with Crippen LogP contribution in [0.5, 0.6) is 0 Å². The van der Waals surface area contributed by atoms with E-state index in [1.807, 2.05) is 6.07 Å². The van der Waals surface area contributed by atoms with Crippen LogP contribution in [0.4, 0.5) is 4.39 Å².